The van der Waals surface area contributed by atoms with E-state index in [0.717, 1.165) is 5.56 Å². The van der Waals surface area contributed by atoms with Crippen LogP contribution in [0.4, 0.5) is 0 Å². The highest BCUT2D eigenvalue weighted by Crippen LogP contribution is 2.51. The lowest BCUT2D eigenvalue weighted by molar-refractivity contribution is 0.173. The fraction of sp³-hybridized carbons (Fsp3) is 0.250. The Morgan fingerprint density at radius 2 is 1.48 bits per heavy atom. The standard InChI is InChI=1S/C14H10O5.C2H6/c15-9-4-5-11-14(19-7-17-11)12(9)8-2-1-3-10-13(8)18-6-16-10;1-2/h1-5,15H,6-7H2;1-2H3. The zero-order chi connectivity index (χ0) is 14.8. The van der Waals surface area contributed by atoms with Gasteiger partial charge in [0.05, 0.1) is 5.56 Å². The van der Waals surface area contributed by atoms with Crippen LogP contribution < -0.4 is 18.9 Å². The lowest BCUT2D eigenvalue weighted by atomic mass is 10.0. The third-order valence-corrected chi connectivity index (χ3v) is 3.18. The number of para-hydroxylation sites is 1. The Morgan fingerprint density at radius 1 is 0.810 bits per heavy atom. The molecule has 0 bridgehead atoms. The summed E-state index contributed by atoms with van der Waals surface area (Å²) in [4.78, 5) is 0. The molecule has 0 saturated carbocycles. The average Bonchev–Trinajstić information content (AvgIpc) is 3.17. The zero-order valence-electron chi connectivity index (χ0n) is 11.9. The second-order valence-electron chi connectivity index (χ2n) is 4.23. The van der Waals surface area contributed by atoms with Gasteiger partial charge in [-0.2, -0.15) is 0 Å². The second kappa shape index (κ2) is 5.44. The van der Waals surface area contributed by atoms with Crippen molar-refractivity contribution in [1.29, 1.82) is 0 Å². The fourth-order valence-electron chi connectivity index (χ4n) is 2.35. The van der Waals surface area contributed by atoms with E-state index in [1.54, 1.807) is 12.1 Å². The van der Waals surface area contributed by atoms with Crippen molar-refractivity contribution in [3.8, 4) is 39.9 Å². The maximum atomic E-state index is 10.1. The number of benzene rings is 2. The Labute approximate surface area is 122 Å². The van der Waals surface area contributed by atoms with E-state index in [1.165, 1.54) is 0 Å². The Bertz CT molecular complexity index is 666. The number of phenols is 1. The van der Waals surface area contributed by atoms with Gasteiger partial charge in [-0.25, -0.2) is 0 Å². The number of aromatic hydroxyl groups is 1. The first kappa shape index (κ1) is 13.4. The van der Waals surface area contributed by atoms with E-state index in [2.05, 4.69) is 0 Å². The molecule has 0 unspecified atom stereocenters. The second-order valence-corrected chi connectivity index (χ2v) is 4.23. The molecule has 4 rings (SSSR count). The molecule has 0 aromatic heterocycles. The molecule has 2 aliphatic heterocycles. The molecule has 2 heterocycles. The van der Waals surface area contributed by atoms with Gasteiger partial charge in [0.1, 0.15) is 5.75 Å². The van der Waals surface area contributed by atoms with E-state index in [-0.39, 0.29) is 19.3 Å². The molecular formula is C16H16O5. The Morgan fingerprint density at radius 3 is 2.24 bits per heavy atom. The van der Waals surface area contributed by atoms with Gasteiger partial charge in [-0.15, -0.1) is 0 Å². The molecule has 2 aromatic rings. The quantitative estimate of drug-likeness (QED) is 0.869. The summed E-state index contributed by atoms with van der Waals surface area (Å²) in [7, 11) is 0. The molecule has 2 aliphatic rings. The highest BCUT2D eigenvalue weighted by molar-refractivity contribution is 5.85. The summed E-state index contributed by atoms with van der Waals surface area (Å²) >= 11 is 0. The van der Waals surface area contributed by atoms with Crippen LogP contribution in [-0.4, -0.2) is 18.7 Å². The largest absolute Gasteiger partial charge is 0.507 e. The van der Waals surface area contributed by atoms with E-state index in [0.29, 0.717) is 28.6 Å². The van der Waals surface area contributed by atoms with Gasteiger partial charge in [0.2, 0.25) is 13.6 Å². The highest BCUT2D eigenvalue weighted by atomic mass is 16.7. The Hall–Kier alpha value is -2.56. The molecule has 110 valence electrons. The first-order chi connectivity index (χ1) is 10.3. The molecule has 0 spiro atoms. The number of ether oxygens (including phenoxy) is 4. The van der Waals surface area contributed by atoms with Gasteiger partial charge in [0, 0.05) is 5.56 Å². The predicted octanol–water partition coefficient (Wildman–Crippen LogP) is 3.54. The molecule has 2 aromatic carbocycles. The van der Waals surface area contributed by atoms with E-state index in [4.69, 9.17) is 18.9 Å². The summed E-state index contributed by atoms with van der Waals surface area (Å²) in [6.45, 7) is 4.33. The van der Waals surface area contributed by atoms with Crippen molar-refractivity contribution in [2.24, 2.45) is 0 Å². The lowest BCUT2D eigenvalue weighted by Gasteiger charge is -2.10. The Balaban J connectivity index is 0.000000636. The summed E-state index contributed by atoms with van der Waals surface area (Å²) in [5, 5.41) is 10.1. The number of hydrogen-bond acceptors (Lipinski definition) is 5. The molecule has 21 heavy (non-hydrogen) atoms. The summed E-state index contributed by atoms with van der Waals surface area (Å²) < 4.78 is 21.6. The van der Waals surface area contributed by atoms with Crippen LogP contribution in [0.1, 0.15) is 13.8 Å². The first-order valence-corrected chi connectivity index (χ1v) is 6.85. The van der Waals surface area contributed by atoms with Gasteiger partial charge in [-0.05, 0) is 18.2 Å². The van der Waals surface area contributed by atoms with Crippen molar-refractivity contribution >= 4 is 0 Å². The molecule has 5 nitrogen and oxygen atoms in total. The number of phenolic OH excluding ortho intramolecular Hbond substituents is 1. The van der Waals surface area contributed by atoms with E-state index >= 15 is 0 Å². The van der Waals surface area contributed by atoms with Crippen molar-refractivity contribution in [2.45, 2.75) is 13.8 Å². The van der Waals surface area contributed by atoms with Crippen LogP contribution >= 0.6 is 0 Å². The predicted molar refractivity (Wildman–Crippen MR) is 77.1 cm³/mol. The van der Waals surface area contributed by atoms with Crippen molar-refractivity contribution < 1.29 is 24.1 Å². The van der Waals surface area contributed by atoms with Crippen molar-refractivity contribution in [2.75, 3.05) is 13.6 Å². The monoisotopic (exact) mass is 288 g/mol. The average molecular weight is 288 g/mol. The maximum absolute atomic E-state index is 10.1. The number of fused-ring (bicyclic) bond motifs is 2. The van der Waals surface area contributed by atoms with Gasteiger partial charge in [0.15, 0.2) is 23.0 Å². The smallest absolute Gasteiger partial charge is 0.231 e. The van der Waals surface area contributed by atoms with Crippen molar-refractivity contribution in [1.82, 2.24) is 0 Å². The zero-order valence-corrected chi connectivity index (χ0v) is 11.9. The summed E-state index contributed by atoms with van der Waals surface area (Å²) in [5.41, 5.74) is 1.30. The van der Waals surface area contributed by atoms with Crippen LogP contribution in [0.5, 0.6) is 28.7 Å². The third kappa shape index (κ3) is 2.11. The molecule has 0 amide bonds. The topological polar surface area (TPSA) is 57.2 Å². The minimum atomic E-state index is 0.119. The summed E-state index contributed by atoms with van der Waals surface area (Å²) in [5.74, 6) is 2.54. The summed E-state index contributed by atoms with van der Waals surface area (Å²) in [6.07, 6.45) is 0. The highest BCUT2D eigenvalue weighted by Gasteiger charge is 2.27. The molecule has 0 radical (unpaired) electrons. The van der Waals surface area contributed by atoms with Gasteiger partial charge < -0.3 is 24.1 Å². The molecule has 0 saturated heterocycles. The van der Waals surface area contributed by atoms with Crippen LogP contribution in [0.25, 0.3) is 11.1 Å². The lowest BCUT2D eigenvalue weighted by Crippen LogP contribution is -1.95. The molecule has 0 aliphatic carbocycles. The van der Waals surface area contributed by atoms with Crippen LogP contribution in [0.15, 0.2) is 30.3 Å². The molecule has 5 heteroatoms. The Kier molecular flexibility index (Phi) is 3.48. The van der Waals surface area contributed by atoms with Crippen molar-refractivity contribution in [3.63, 3.8) is 0 Å². The van der Waals surface area contributed by atoms with E-state index < -0.39 is 0 Å². The van der Waals surface area contributed by atoms with Crippen LogP contribution in [0.2, 0.25) is 0 Å². The molecule has 0 fully saturated rings. The maximum Gasteiger partial charge on any atom is 0.231 e. The minimum absolute atomic E-state index is 0.119. The number of hydrogen-bond donors (Lipinski definition) is 1. The van der Waals surface area contributed by atoms with E-state index in [1.807, 2.05) is 32.0 Å². The van der Waals surface area contributed by atoms with Crippen molar-refractivity contribution in [3.05, 3.63) is 30.3 Å². The van der Waals surface area contributed by atoms with Gasteiger partial charge in [-0.1, -0.05) is 26.0 Å². The van der Waals surface area contributed by atoms with E-state index in [9.17, 15) is 5.11 Å². The fourth-order valence-corrected chi connectivity index (χ4v) is 2.35. The normalized spacial score (nSPS) is 13.6. The van der Waals surface area contributed by atoms with Crippen LogP contribution in [-0.2, 0) is 0 Å². The molecule has 0 atom stereocenters. The van der Waals surface area contributed by atoms with Crippen LogP contribution in [0.3, 0.4) is 0 Å². The first-order valence-electron chi connectivity index (χ1n) is 6.85. The SMILES string of the molecule is CC.Oc1ccc2c(c1-c1cccc3c1OCO3)OCO2. The summed E-state index contributed by atoms with van der Waals surface area (Å²) in [6, 6.07) is 8.78. The molecule has 1 N–H and O–H groups in total. The minimum Gasteiger partial charge on any atom is -0.507 e. The van der Waals surface area contributed by atoms with Gasteiger partial charge >= 0.3 is 0 Å². The number of rotatable bonds is 1. The van der Waals surface area contributed by atoms with Crippen LogP contribution in [0, 0.1) is 0 Å². The third-order valence-electron chi connectivity index (χ3n) is 3.18. The van der Waals surface area contributed by atoms with Gasteiger partial charge in [0.25, 0.3) is 0 Å². The molecular weight excluding hydrogens is 272 g/mol. The van der Waals surface area contributed by atoms with Gasteiger partial charge in [-0.3, -0.25) is 0 Å².